The van der Waals surface area contributed by atoms with Gasteiger partial charge in [-0.3, -0.25) is 9.69 Å². The summed E-state index contributed by atoms with van der Waals surface area (Å²) in [5.74, 6) is 0.758. The van der Waals surface area contributed by atoms with Gasteiger partial charge >= 0.3 is 0 Å². The molecule has 0 aromatic heterocycles. The smallest absolute Gasteiger partial charge is 0.234 e. The second-order valence-electron chi connectivity index (χ2n) is 5.83. The maximum absolute atomic E-state index is 12.1. The predicted octanol–water partition coefficient (Wildman–Crippen LogP) is 3.41. The minimum absolute atomic E-state index is 0.0123. The highest BCUT2D eigenvalue weighted by molar-refractivity contribution is 6.30. The average Bonchev–Trinajstić information content (AvgIpc) is 2.54. The van der Waals surface area contributed by atoms with Gasteiger partial charge in [0.2, 0.25) is 5.91 Å². The third kappa shape index (κ3) is 5.25. The Hall–Kier alpha value is -2.04. The Morgan fingerprint density at radius 3 is 2.67 bits per heavy atom. The van der Waals surface area contributed by atoms with Gasteiger partial charge in [-0.05, 0) is 43.3 Å². The van der Waals surface area contributed by atoms with Crippen molar-refractivity contribution >= 4 is 17.5 Å². The van der Waals surface area contributed by atoms with Crippen LogP contribution in [0.5, 0.6) is 5.75 Å². The topological polar surface area (TPSA) is 41.6 Å². The van der Waals surface area contributed by atoms with Crippen LogP contribution in [0.2, 0.25) is 5.02 Å². The molecule has 0 heterocycles. The molecule has 0 spiro atoms. The minimum atomic E-state index is -0.0123. The lowest BCUT2D eigenvalue weighted by molar-refractivity contribution is -0.122. The number of nitrogens with one attached hydrogen (secondary N) is 1. The van der Waals surface area contributed by atoms with Gasteiger partial charge in [0.1, 0.15) is 5.75 Å². The first kappa shape index (κ1) is 18.3. The van der Waals surface area contributed by atoms with E-state index >= 15 is 0 Å². The molecule has 0 bridgehead atoms. The number of carbonyl (C=O) groups is 1. The first-order valence-corrected chi connectivity index (χ1v) is 8.19. The zero-order chi connectivity index (χ0) is 17.5. The number of amides is 1. The van der Waals surface area contributed by atoms with Gasteiger partial charge in [0.15, 0.2) is 0 Å². The molecule has 1 N–H and O–H groups in total. The summed E-state index contributed by atoms with van der Waals surface area (Å²) in [4.78, 5) is 14.1. The highest BCUT2D eigenvalue weighted by Gasteiger charge is 2.11. The van der Waals surface area contributed by atoms with Gasteiger partial charge < -0.3 is 10.1 Å². The quantitative estimate of drug-likeness (QED) is 0.835. The summed E-state index contributed by atoms with van der Waals surface area (Å²) >= 11 is 6.04. The molecule has 128 valence electrons. The molecule has 0 aliphatic carbocycles. The Kier molecular flexibility index (Phi) is 6.64. The van der Waals surface area contributed by atoms with Crippen molar-refractivity contribution in [3.05, 3.63) is 64.2 Å². The molecule has 2 rings (SSSR count). The van der Waals surface area contributed by atoms with Crippen LogP contribution in [0.4, 0.5) is 0 Å². The Bertz CT molecular complexity index is 704. The Labute approximate surface area is 148 Å². The van der Waals surface area contributed by atoms with Gasteiger partial charge in [0.25, 0.3) is 0 Å². The van der Waals surface area contributed by atoms with Crippen LogP contribution in [0.3, 0.4) is 0 Å². The fourth-order valence-corrected chi connectivity index (χ4v) is 2.72. The van der Waals surface area contributed by atoms with Gasteiger partial charge in [0.05, 0.1) is 13.7 Å². The summed E-state index contributed by atoms with van der Waals surface area (Å²) in [6.45, 7) is 3.47. The van der Waals surface area contributed by atoms with Crippen molar-refractivity contribution in [1.82, 2.24) is 10.2 Å². The van der Waals surface area contributed by atoms with E-state index in [2.05, 4.69) is 5.32 Å². The van der Waals surface area contributed by atoms with Crippen molar-refractivity contribution in [3.63, 3.8) is 0 Å². The van der Waals surface area contributed by atoms with Crippen molar-refractivity contribution in [3.8, 4) is 5.75 Å². The van der Waals surface area contributed by atoms with Crippen LogP contribution in [0.25, 0.3) is 0 Å². The van der Waals surface area contributed by atoms with E-state index in [1.807, 2.05) is 55.3 Å². The summed E-state index contributed by atoms with van der Waals surface area (Å²) in [5, 5.41) is 3.61. The third-order valence-electron chi connectivity index (χ3n) is 3.83. The van der Waals surface area contributed by atoms with Crippen LogP contribution in [0, 0.1) is 6.92 Å². The molecule has 0 saturated carbocycles. The molecule has 1 amide bonds. The predicted molar refractivity (Wildman–Crippen MR) is 97.4 cm³/mol. The van der Waals surface area contributed by atoms with Gasteiger partial charge in [0, 0.05) is 23.7 Å². The van der Waals surface area contributed by atoms with Crippen molar-refractivity contribution in [2.24, 2.45) is 0 Å². The number of hydrogen-bond acceptors (Lipinski definition) is 3. The van der Waals surface area contributed by atoms with E-state index in [4.69, 9.17) is 16.3 Å². The standard InChI is InChI=1S/C19H23ClN2O2/c1-14-6-4-5-7-15(14)11-21-19(23)13-22(2)12-16-10-17(20)8-9-18(16)24-3/h4-10H,11-13H2,1-3H3,(H,21,23). The van der Waals surface area contributed by atoms with E-state index in [9.17, 15) is 4.79 Å². The summed E-state index contributed by atoms with van der Waals surface area (Å²) in [5.41, 5.74) is 3.26. The number of carbonyl (C=O) groups excluding carboxylic acids is 1. The number of aryl methyl sites for hydroxylation is 1. The maximum atomic E-state index is 12.1. The summed E-state index contributed by atoms with van der Waals surface area (Å²) in [7, 11) is 3.52. The van der Waals surface area contributed by atoms with Gasteiger partial charge in [-0.15, -0.1) is 0 Å². The summed E-state index contributed by atoms with van der Waals surface area (Å²) in [6.07, 6.45) is 0. The number of likely N-dealkylation sites (N-methyl/N-ethyl adjacent to an activating group) is 1. The SMILES string of the molecule is COc1ccc(Cl)cc1CN(C)CC(=O)NCc1ccccc1C. The van der Waals surface area contributed by atoms with E-state index in [0.29, 0.717) is 24.7 Å². The zero-order valence-electron chi connectivity index (χ0n) is 14.3. The van der Waals surface area contributed by atoms with E-state index in [1.54, 1.807) is 13.2 Å². The zero-order valence-corrected chi connectivity index (χ0v) is 15.1. The number of halogens is 1. The molecule has 0 aliphatic heterocycles. The molecule has 0 aliphatic rings. The number of benzene rings is 2. The third-order valence-corrected chi connectivity index (χ3v) is 4.07. The van der Waals surface area contributed by atoms with E-state index < -0.39 is 0 Å². The van der Waals surface area contributed by atoms with Gasteiger partial charge in [-0.2, -0.15) is 0 Å². The lowest BCUT2D eigenvalue weighted by Gasteiger charge is -2.18. The molecule has 0 atom stereocenters. The molecular weight excluding hydrogens is 324 g/mol. The molecule has 4 nitrogen and oxygen atoms in total. The van der Waals surface area contributed by atoms with Crippen molar-refractivity contribution in [2.45, 2.75) is 20.0 Å². The molecule has 2 aromatic carbocycles. The number of nitrogens with zero attached hydrogens (tertiary/aromatic N) is 1. The van der Waals surface area contributed by atoms with Gasteiger partial charge in [-0.25, -0.2) is 0 Å². The van der Waals surface area contributed by atoms with Gasteiger partial charge in [-0.1, -0.05) is 35.9 Å². The molecular formula is C19H23ClN2O2. The second kappa shape index (κ2) is 8.71. The van der Waals surface area contributed by atoms with E-state index in [0.717, 1.165) is 16.9 Å². The highest BCUT2D eigenvalue weighted by Crippen LogP contribution is 2.23. The molecule has 0 unspecified atom stereocenters. The molecule has 24 heavy (non-hydrogen) atoms. The normalized spacial score (nSPS) is 10.7. The Morgan fingerprint density at radius 2 is 1.96 bits per heavy atom. The number of rotatable bonds is 7. The van der Waals surface area contributed by atoms with E-state index in [-0.39, 0.29) is 5.91 Å². The second-order valence-corrected chi connectivity index (χ2v) is 6.27. The first-order valence-electron chi connectivity index (χ1n) is 7.81. The van der Waals surface area contributed by atoms with Crippen LogP contribution in [-0.2, 0) is 17.9 Å². The fourth-order valence-electron chi connectivity index (χ4n) is 2.52. The Balaban J connectivity index is 1.88. The number of methoxy groups -OCH3 is 1. The molecule has 5 heteroatoms. The molecule has 0 fully saturated rings. The minimum Gasteiger partial charge on any atom is -0.496 e. The van der Waals surface area contributed by atoms with Crippen LogP contribution in [0.1, 0.15) is 16.7 Å². The van der Waals surface area contributed by atoms with Crippen molar-refractivity contribution in [2.75, 3.05) is 20.7 Å². The molecule has 0 saturated heterocycles. The van der Waals surface area contributed by atoms with E-state index in [1.165, 1.54) is 5.56 Å². The number of hydrogen-bond donors (Lipinski definition) is 1. The van der Waals surface area contributed by atoms with Crippen molar-refractivity contribution < 1.29 is 9.53 Å². The maximum Gasteiger partial charge on any atom is 0.234 e. The number of ether oxygens (including phenoxy) is 1. The summed E-state index contributed by atoms with van der Waals surface area (Å²) < 4.78 is 5.34. The van der Waals surface area contributed by atoms with Crippen LogP contribution in [0.15, 0.2) is 42.5 Å². The first-order chi connectivity index (χ1) is 11.5. The molecule has 0 radical (unpaired) electrons. The monoisotopic (exact) mass is 346 g/mol. The summed E-state index contributed by atoms with van der Waals surface area (Å²) in [6, 6.07) is 13.5. The highest BCUT2D eigenvalue weighted by atomic mass is 35.5. The molecule has 2 aromatic rings. The largest absolute Gasteiger partial charge is 0.496 e. The van der Waals surface area contributed by atoms with Crippen LogP contribution in [-0.4, -0.2) is 31.5 Å². The average molecular weight is 347 g/mol. The van der Waals surface area contributed by atoms with Crippen LogP contribution >= 0.6 is 11.6 Å². The lowest BCUT2D eigenvalue weighted by Crippen LogP contribution is -2.34. The lowest BCUT2D eigenvalue weighted by atomic mass is 10.1. The fraction of sp³-hybridized carbons (Fsp3) is 0.316. The van der Waals surface area contributed by atoms with Crippen LogP contribution < -0.4 is 10.1 Å². The Morgan fingerprint density at radius 1 is 1.21 bits per heavy atom. The van der Waals surface area contributed by atoms with Crippen molar-refractivity contribution in [1.29, 1.82) is 0 Å².